The first kappa shape index (κ1) is 38.5. The molecular formula is C35H49N5O9S. The van der Waals surface area contributed by atoms with E-state index in [1.807, 2.05) is 13.8 Å². The van der Waals surface area contributed by atoms with Crippen molar-refractivity contribution in [2.24, 2.45) is 5.92 Å². The van der Waals surface area contributed by atoms with E-state index in [4.69, 9.17) is 18.7 Å². The van der Waals surface area contributed by atoms with E-state index in [2.05, 4.69) is 15.2 Å². The highest BCUT2D eigenvalue weighted by molar-refractivity contribution is 7.92. The van der Waals surface area contributed by atoms with Crippen LogP contribution in [0.2, 0.25) is 0 Å². The Labute approximate surface area is 294 Å². The molecular weight excluding hydrogens is 666 g/mol. The summed E-state index contributed by atoms with van der Waals surface area (Å²) in [6.45, 7) is 9.54. The molecule has 0 unspecified atom stereocenters. The third kappa shape index (κ3) is 9.67. The van der Waals surface area contributed by atoms with E-state index in [0.717, 1.165) is 12.8 Å². The molecule has 50 heavy (non-hydrogen) atoms. The highest BCUT2D eigenvalue weighted by atomic mass is 32.2. The maximum absolute atomic E-state index is 14.4. The summed E-state index contributed by atoms with van der Waals surface area (Å²) in [6.07, 6.45) is 1.50. The largest absolute Gasteiger partial charge is 0.497 e. The molecule has 1 aromatic heterocycles. The molecule has 15 heteroatoms. The van der Waals surface area contributed by atoms with Crippen LogP contribution in [0.4, 0.5) is 16.2 Å². The van der Waals surface area contributed by atoms with Crippen molar-refractivity contribution >= 4 is 33.3 Å². The highest BCUT2D eigenvalue weighted by Crippen LogP contribution is 2.30. The Morgan fingerprint density at radius 1 is 1.16 bits per heavy atom. The maximum atomic E-state index is 14.4. The summed E-state index contributed by atoms with van der Waals surface area (Å²) in [5.41, 5.74) is 1.39. The van der Waals surface area contributed by atoms with E-state index in [1.54, 1.807) is 52.1 Å². The summed E-state index contributed by atoms with van der Waals surface area (Å²) in [7, 11) is -0.849. The lowest BCUT2D eigenvalue weighted by atomic mass is 10.0. The molecule has 3 N–H and O–H groups in total. The Hall–Kier alpha value is -4.34. The van der Waals surface area contributed by atoms with Gasteiger partial charge in [-0.05, 0) is 89.4 Å². The van der Waals surface area contributed by atoms with Crippen LogP contribution in [0.25, 0.3) is 0 Å². The number of aliphatic hydroxyl groups is 1. The first-order valence-corrected chi connectivity index (χ1v) is 18.2. The lowest BCUT2D eigenvalue weighted by Gasteiger charge is -2.35. The zero-order valence-corrected chi connectivity index (χ0v) is 30.6. The molecule has 1 aliphatic heterocycles. The Morgan fingerprint density at radius 3 is 2.52 bits per heavy atom. The first-order chi connectivity index (χ1) is 23.7. The van der Waals surface area contributed by atoms with Crippen LogP contribution in [0.5, 0.6) is 11.5 Å². The van der Waals surface area contributed by atoms with E-state index in [0.29, 0.717) is 41.7 Å². The van der Waals surface area contributed by atoms with Gasteiger partial charge in [-0.1, -0.05) is 12.1 Å². The fourth-order valence-electron chi connectivity index (χ4n) is 5.63. The smallest absolute Gasteiger partial charge is 0.321 e. The molecule has 0 fully saturated rings. The second kappa shape index (κ2) is 17.1. The molecule has 2 aromatic carbocycles. The normalized spacial score (nSPS) is 19.8. The van der Waals surface area contributed by atoms with E-state index < -0.39 is 28.1 Å². The summed E-state index contributed by atoms with van der Waals surface area (Å²) < 4.78 is 52.0. The van der Waals surface area contributed by atoms with Crippen LogP contribution in [0.1, 0.15) is 61.8 Å². The van der Waals surface area contributed by atoms with Crippen molar-refractivity contribution in [1.82, 2.24) is 15.0 Å². The number of sulfonamides is 1. The van der Waals surface area contributed by atoms with Crippen LogP contribution >= 0.6 is 0 Å². The van der Waals surface area contributed by atoms with Crippen molar-refractivity contribution < 1.29 is 41.8 Å². The minimum Gasteiger partial charge on any atom is -0.497 e. The first-order valence-electron chi connectivity index (χ1n) is 16.7. The molecule has 14 nitrogen and oxygen atoms in total. The third-order valence-corrected chi connectivity index (χ3v) is 10.1. The average molecular weight is 716 g/mol. The number of amides is 3. The van der Waals surface area contributed by atoms with Gasteiger partial charge < -0.3 is 39.0 Å². The number of methoxy groups -OCH3 is 1. The van der Waals surface area contributed by atoms with Crippen LogP contribution in [-0.4, -0.2) is 99.1 Å². The van der Waals surface area contributed by atoms with Crippen molar-refractivity contribution in [1.29, 1.82) is 0 Å². The summed E-state index contributed by atoms with van der Waals surface area (Å²) in [5.74, 6) is 0.572. The molecule has 3 amide bonds. The van der Waals surface area contributed by atoms with Gasteiger partial charge in [-0.15, -0.1) is 0 Å². The number of anilines is 2. The van der Waals surface area contributed by atoms with Gasteiger partial charge in [-0.2, -0.15) is 0 Å². The number of aryl methyl sites for hydroxylation is 2. The number of aromatic nitrogens is 1. The van der Waals surface area contributed by atoms with E-state index in [1.165, 1.54) is 35.1 Å². The molecule has 0 radical (unpaired) electrons. The number of carbonyl (C=O) groups is 2. The lowest BCUT2D eigenvalue weighted by Crippen LogP contribution is -2.48. The SMILES string of the molecule is COc1ccc(S(=O)(=O)Nc2ccc3c(c2)C(=O)N([C@@H](C)CO)C[C@@H](C)[C@H](CN(C)C(=O)Nc2c(C)noc2C)OCCCC[C@@H](C)O3)cc1. The van der Waals surface area contributed by atoms with Crippen LogP contribution in [0.15, 0.2) is 51.9 Å². The molecule has 2 heterocycles. The van der Waals surface area contributed by atoms with Crippen LogP contribution in [-0.2, 0) is 14.8 Å². The topological polar surface area (TPSA) is 173 Å². The number of hydrogen-bond donors (Lipinski definition) is 3. The second-order valence-electron chi connectivity index (χ2n) is 12.8. The zero-order chi connectivity index (χ0) is 36.6. The minimum absolute atomic E-state index is 0.0235. The van der Waals surface area contributed by atoms with Gasteiger partial charge in [0.25, 0.3) is 15.9 Å². The molecule has 0 bridgehead atoms. The number of likely N-dealkylation sites (N-methyl/N-ethyl adjacent to an activating group) is 1. The minimum atomic E-state index is -4.01. The fraction of sp³-hybridized carbons (Fsp3) is 0.514. The van der Waals surface area contributed by atoms with Crippen molar-refractivity contribution in [2.45, 2.75) is 77.0 Å². The molecule has 0 aliphatic carbocycles. The van der Waals surface area contributed by atoms with E-state index in [-0.39, 0.29) is 53.9 Å². The number of aliphatic hydroxyl groups excluding tert-OH is 1. The lowest BCUT2D eigenvalue weighted by molar-refractivity contribution is -0.0115. The van der Waals surface area contributed by atoms with Crippen molar-refractivity contribution in [3.05, 3.63) is 59.5 Å². The van der Waals surface area contributed by atoms with Gasteiger partial charge in [0.05, 0.1) is 42.4 Å². The number of benzene rings is 2. The van der Waals surface area contributed by atoms with Crippen molar-refractivity contribution in [3.63, 3.8) is 0 Å². The number of ether oxygens (including phenoxy) is 3. The monoisotopic (exact) mass is 715 g/mol. The molecule has 274 valence electrons. The predicted molar refractivity (Wildman–Crippen MR) is 188 cm³/mol. The standard InChI is InChI=1S/C35H49N5O9S/c1-22-19-40(23(2)21-41)34(42)30-18-27(38-50(44,45)29-14-12-28(46-7)13-15-29)11-16-31(30)48-24(3)10-8-9-17-47-32(22)20-39(6)35(43)36-33-25(4)37-49-26(33)5/h11-16,18,22-24,32,38,41H,8-10,17,19-21H2,1-7H3,(H,36,43)/t22-,23+,24-,32+/m1/s1. The number of rotatable bonds is 9. The van der Waals surface area contributed by atoms with Gasteiger partial charge in [0.15, 0.2) is 5.76 Å². The van der Waals surface area contributed by atoms with Gasteiger partial charge in [-0.25, -0.2) is 13.2 Å². The number of fused-ring (bicyclic) bond motifs is 1. The number of carbonyl (C=O) groups excluding carboxylic acids is 2. The Kier molecular flexibility index (Phi) is 13.1. The number of hydrogen-bond acceptors (Lipinski definition) is 10. The molecule has 0 spiro atoms. The second-order valence-corrected chi connectivity index (χ2v) is 14.5. The number of nitrogens with zero attached hydrogens (tertiary/aromatic N) is 3. The summed E-state index contributed by atoms with van der Waals surface area (Å²) in [5, 5.41) is 17.0. The Bertz CT molecular complexity index is 1690. The van der Waals surface area contributed by atoms with Gasteiger partial charge >= 0.3 is 6.03 Å². The van der Waals surface area contributed by atoms with Crippen molar-refractivity contribution in [2.75, 3.05) is 50.5 Å². The number of urea groups is 1. The van der Waals surface area contributed by atoms with E-state index in [9.17, 15) is 23.1 Å². The number of nitrogens with one attached hydrogen (secondary N) is 2. The zero-order valence-electron chi connectivity index (χ0n) is 29.8. The van der Waals surface area contributed by atoms with Gasteiger partial charge in [-0.3, -0.25) is 9.52 Å². The van der Waals surface area contributed by atoms with Crippen LogP contribution < -0.4 is 19.5 Å². The van der Waals surface area contributed by atoms with Gasteiger partial charge in [0, 0.05) is 38.3 Å². The average Bonchev–Trinajstić information content (AvgIpc) is 3.41. The van der Waals surface area contributed by atoms with Gasteiger partial charge in [0.1, 0.15) is 22.9 Å². The molecule has 0 saturated heterocycles. The highest BCUT2D eigenvalue weighted by Gasteiger charge is 2.31. The summed E-state index contributed by atoms with van der Waals surface area (Å²) in [6, 6.07) is 9.58. The van der Waals surface area contributed by atoms with Crippen LogP contribution in [0, 0.1) is 19.8 Å². The molecule has 0 saturated carbocycles. The maximum Gasteiger partial charge on any atom is 0.321 e. The Morgan fingerprint density at radius 2 is 1.88 bits per heavy atom. The molecule has 1 aliphatic rings. The molecule has 4 rings (SSSR count). The predicted octanol–water partition coefficient (Wildman–Crippen LogP) is 5.06. The quantitative estimate of drug-likeness (QED) is 0.272. The summed E-state index contributed by atoms with van der Waals surface area (Å²) in [4.78, 5) is 30.7. The molecule has 4 atom stereocenters. The van der Waals surface area contributed by atoms with Crippen molar-refractivity contribution in [3.8, 4) is 11.5 Å². The molecule has 3 aromatic rings. The fourth-order valence-corrected chi connectivity index (χ4v) is 6.68. The third-order valence-electron chi connectivity index (χ3n) is 8.74. The van der Waals surface area contributed by atoms with Crippen LogP contribution in [0.3, 0.4) is 0 Å². The summed E-state index contributed by atoms with van der Waals surface area (Å²) >= 11 is 0. The van der Waals surface area contributed by atoms with Gasteiger partial charge in [0.2, 0.25) is 0 Å². The van der Waals surface area contributed by atoms with E-state index >= 15 is 0 Å². The Balaban J connectivity index is 1.63.